The maximum absolute atomic E-state index is 12.8. The van der Waals surface area contributed by atoms with Gasteiger partial charge in [0.2, 0.25) is 0 Å². The highest BCUT2D eigenvalue weighted by molar-refractivity contribution is 7.98. The van der Waals surface area contributed by atoms with E-state index in [1.54, 1.807) is 22.5 Å². The molecule has 1 amide bonds. The minimum Gasteiger partial charge on any atom is -0.320 e. The highest BCUT2D eigenvalue weighted by Gasteiger charge is 2.32. The average molecular weight is 434 g/mol. The van der Waals surface area contributed by atoms with E-state index in [4.69, 9.17) is 0 Å². The molecule has 146 valence electrons. The van der Waals surface area contributed by atoms with E-state index >= 15 is 0 Å². The Morgan fingerprint density at radius 2 is 2.11 bits per heavy atom. The van der Waals surface area contributed by atoms with E-state index in [9.17, 15) is 13.2 Å². The quantitative estimate of drug-likeness (QED) is 0.616. The Hall–Kier alpha value is -2.10. The van der Waals surface area contributed by atoms with Crippen LogP contribution in [0.2, 0.25) is 0 Å². The van der Waals surface area contributed by atoms with E-state index in [0.29, 0.717) is 6.42 Å². The van der Waals surface area contributed by atoms with E-state index in [1.165, 1.54) is 11.3 Å². The van der Waals surface area contributed by atoms with Gasteiger partial charge < -0.3 is 5.32 Å². The van der Waals surface area contributed by atoms with Gasteiger partial charge in [-0.2, -0.15) is 5.10 Å². The first kappa shape index (κ1) is 19.2. The molecule has 0 radical (unpaired) electrons. The van der Waals surface area contributed by atoms with Gasteiger partial charge in [-0.15, -0.1) is 23.1 Å². The molecule has 1 aliphatic rings. The van der Waals surface area contributed by atoms with Gasteiger partial charge in [0, 0.05) is 4.90 Å². The van der Waals surface area contributed by atoms with Crippen LogP contribution in [0.3, 0.4) is 0 Å². The number of hydrogen-bond acceptors (Lipinski definition) is 6. The number of carbonyl (C=O) groups is 1. The number of para-hydroxylation sites is 1. The smallest absolute Gasteiger partial charge is 0.276 e. The van der Waals surface area contributed by atoms with Crippen molar-refractivity contribution in [2.45, 2.75) is 17.4 Å². The Morgan fingerprint density at radius 1 is 1.29 bits per heavy atom. The summed E-state index contributed by atoms with van der Waals surface area (Å²) in [6.45, 7) is 0. The second kappa shape index (κ2) is 7.73. The van der Waals surface area contributed by atoms with Crippen molar-refractivity contribution in [2.24, 2.45) is 0 Å². The highest BCUT2D eigenvalue weighted by Crippen LogP contribution is 2.32. The molecule has 3 heterocycles. The number of thiophene rings is 1. The van der Waals surface area contributed by atoms with Gasteiger partial charge in [-0.25, -0.2) is 8.42 Å². The van der Waals surface area contributed by atoms with E-state index in [0.717, 1.165) is 21.2 Å². The van der Waals surface area contributed by atoms with E-state index in [1.807, 2.05) is 48.0 Å². The highest BCUT2D eigenvalue weighted by atomic mass is 32.2. The molecule has 1 aliphatic heterocycles. The number of hydrogen-bond donors (Lipinski definition) is 1. The third kappa shape index (κ3) is 3.87. The number of anilines is 1. The van der Waals surface area contributed by atoms with Crippen molar-refractivity contribution < 1.29 is 13.2 Å². The van der Waals surface area contributed by atoms with E-state index < -0.39 is 9.84 Å². The monoisotopic (exact) mass is 433 g/mol. The normalized spacial score (nSPS) is 18.2. The molecule has 1 fully saturated rings. The van der Waals surface area contributed by atoms with Crippen LogP contribution in [0.25, 0.3) is 10.6 Å². The van der Waals surface area contributed by atoms with Crippen LogP contribution in [-0.4, -0.2) is 41.9 Å². The summed E-state index contributed by atoms with van der Waals surface area (Å²) in [5, 5.41) is 9.38. The molecule has 3 aromatic rings. The number of nitrogens with one attached hydrogen (secondary N) is 1. The zero-order chi connectivity index (χ0) is 19.7. The molecule has 9 heteroatoms. The molecule has 4 rings (SSSR count). The Kier molecular flexibility index (Phi) is 5.31. The predicted octanol–water partition coefficient (Wildman–Crippen LogP) is 3.95. The SMILES string of the molecule is CSc1ccccc1NC(=O)c1cc(-c2cccs2)n(C2CCS(=O)(=O)C2)n1. The van der Waals surface area contributed by atoms with Crippen molar-refractivity contribution in [3.8, 4) is 10.6 Å². The third-order valence-corrected chi connectivity index (χ3v) is 8.09. The second-order valence-corrected chi connectivity index (χ2v) is 10.6. The topological polar surface area (TPSA) is 81.1 Å². The number of aromatic nitrogens is 2. The van der Waals surface area contributed by atoms with Gasteiger partial charge in [0.1, 0.15) is 0 Å². The Morgan fingerprint density at radius 3 is 2.79 bits per heavy atom. The van der Waals surface area contributed by atoms with Crippen LogP contribution >= 0.6 is 23.1 Å². The van der Waals surface area contributed by atoms with Gasteiger partial charge >= 0.3 is 0 Å². The van der Waals surface area contributed by atoms with Crippen LogP contribution in [0, 0.1) is 0 Å². The minimum atomic E-state index is -3.06. The predicted molar refractivity (Wildman–Crippen MR) is 114 cm³/mol. The number of rotatable bonds is 5. The third-order valence-electron chi connectivity index (χ3n) is 4.65. The van der Waals surface area contributed by atoms with Gasteiger partial charge in [0.05, 0.1) is 33.8 Å². The number of carbonyl (C=O) groups excluding carboxylic acids is 1. The largest absolute Gasteiger partial charge is 0.320 e. The van der Waals surface area contributed by atoms with Crippen molar-refractivity contribution in [3.05, 3.63) is 53.5 Å². The van der Waals surface area contributed by atoms with Crippen LogP contribution < -0.4 is 5.32 Å². The first-order valence-corrected chi connectivity index (χ1v) is 12.7. The van der Waals surface area contributed by atoms with Crippen molar-refractivity contribution in [3.63, 3.8) is 0 Å². The lowest BCUT2D eigenvalue weighted by molar-refractivity contribution is 0.102. The summed E-state index contributed by atoms with van der Waals surface area (Å²) < 4.78 is 25.6. The fourth-order valence-electron chi connectivity index (χ4n) is 3.29. The van der Waals surface area contributed by atoms with Crippen molar-refractivity contribution in [1.82, 2.24) is 9.78 Å². The Labute approximate surface area is 171 Å². The number of amides is 1. The maximum atomic E-state index is 12.8. The van der Waals surface area contributed by atoms with Gasteiger partial charge in [-0.3, -0.25) is 9.48 Å². The molecule has 2 aromatic heterocycles. The molecular weight excluding hydrogens is 414 g/mol. The first-order valence-electron chi connectivity index (χ1n) is 8.75. The van der Waals surface area contributed by atoms with Gasteiger partial charge in [-0.05, 0) is 42.3 Å². The average Bonchev–Trinajstić information content (AvgIpc) is 3.40. The zero-order valence-electron chi connectivity index (χ0n) is 15.2. The van der Waals surface area contributed by atoms with Crippen LogP contribution in [0.5, 0.6) is 0 Å². The summed E-state index contributed by atoms with van der Waals surface area (Å²) >= 11 is 3.09. The maximum Gasteiger partial charge on any atom is 0.276 e. The molecule has 1 atom stereocenters. The lowest BCUT2D eigenvalue weighted by Gasteiger charge is -2.12. The lowest BCUT2D eigenvalue weighted by atomic mass is 10.2. The molecule has 1 saturated heterocycles. The van der Waals surface area contributed by atoms with E-state index in [2.05, 4.69) is 10.4 Å². The fourth-order valence-corrected chi connectivity index (χ4v) is 6.27. The second-order valence-electron chi connectivity index (χ2n) is 6.55. The Bertz CT molecular complexity index is 1100. The molecule has 1 N–H and O–H groups in total. The van der Waals surface area contributed by atoms with Gasteiger partial charge in [0.25, 0.3) is 5.91 Å². The Balaban J connectivity index is 1.68. The minimum absolute atomic E-state index is 0.0590. The molecule has 0 spiro atoms. The number of sulfone groups is 1. The molecule has 1 aromatic carbocycles. The van der Waals surface area contributed by atoms with Crippen molar-refractivity contribution in [2.75, 3.05) is 23.1 Å². The van der Waals surface area contributed by atoms with Gasteiger partial charge in [-0.1, -0.05) is 18.2 Å². The van der Waals surface area contributed by atoms with Crippen molar-refractivity contribution >= 4 is 44.5 Å². The number of nitrogens with zero attached hydrogens (tertiary/aromatic N) is 2. The van der Waals surface area contributed by atoms with Crippen molar-refractivity contribution in [1.29, 1.82) is 0 Å². The summed E-state index contributed by atoms with van der Waals surface area (Å²) in [5.74, 6) is -0.0908. The molecule has 0 bridgehead atoms. The molecular formula is C19H19N3O3S3. The van der Waals surface area contributed by atoms with Crippen LogP contribution in [0.4, 0.5) is 5.69 Å². The van der Waals surface area contributed by atoms with Crippen LogP contribution in [0.1, 0.15) is 23.0 Å². The summed E-state index contributed by atoms with van der Waals surface area (Å²) in [4.78, 5) is 14.8. The summed E-state index contributed by atoms with van der Waals surface area (Å²) in [7, 11) is -3.06. The number of benzene rings is 1. The van der Waals surface area contributed by atoms with Gasteiger partial charge in [0.15, 0.2) is 15.5 Å². The first-order chi connectivity index (χ1) is 13.5. The summed E-state index contributed by atoms with van der Waals surface area (Å²) in [6, 6.07) is 13.0. The standard InChI is InChI=1S/C19H19N3O3S3/c1-26-17-6-3-2-5-14(17)20-19(23)15-11-16(18-7-4-9-27-18)22(21-15)13-8-10-28(24,25)12-13/h2-7,9,11,13H,8,10,12H2,1H3,(H,20,23). The van der Waals surface area contributed by atoms with Crippen LogP contribution in [0.15, 0.2) is 52.7 Å². The van der Waals surface area contributed by atoms with E-state index in [-0.39, 0.29) is 29.1 Å². The summed E-state index contributed by atoms with van der Waals surface area (Å²) in [5.41, 5.74) is 1.79. The number of thioether (sulfide) groups is 1. The fraction of sp³-hybridized carbons (Fsp3) is 0.263. The zero-order valence-corrected chi connectivity index (χ0v) is 17.6. The summed E-state index contributed by atoms with van der Waals surface area (Å²) in [6.07, 6.45) is 2.47. The molecule has 6 nitrogen and oxygen atoms in total. The molecule has 28 heavy (non-hydrogen) atoms. The molecule has 1 unspecified atom stereocenters. The van der Waals surface area contributed by atoms with Crippen LogP contribution in [-0.2, 0) is 9.84 Å². The molecule has 0 aliphatic carbocycles. The molecule has 0 saturated carbocycles. The lowest BCUT2D eigenvalue weighted by Crippen LogP contribution is -2.16.